The number of ketones is 1. The van der Waals surface area contributed by atoms with E-state index in [1.54, 1.807) is 0 Å². The fourth-order valence-corrected chi connectivity index (χ4v) is 5.81. The lowest BCUT2D eigenvalue weighted by atomic mass is 9.82. The van der Waals surface area contributed by atoms with Gasteiger partial charge >= 0.3 is 5.97 Å². The molecule has 5 rings (SSSR count). The molecular formula is C31H22Cl4N2O6. The van der Waals surface area contributed by atoms with Gasteiger partial charge in [-0.3, -0.25) is 19.2 Å². The molecule has 1 aliphatic carbocycles. The number of nitrogens with zero attached hydrogens (tertiary/aromatic N) is 2. The standard InChI is InChI=1S/C31H22Cl4N2O6/c1-16-2-9-21-23(12-16)30(41)37(29(21)40)36(28(39)18-5-11-24(33)26(35)13-18)15-27(38)17-3-7-20(8-4-17)43-31(42)22-10-6-19(32)14-25(22)34/h2-8,10-11,13-14,21,23H,9,12,15H2,1H3/t21-,23+/m0/s1. The number of fused-ring (bicyclic) bond motifs is 1. The monoisotopic (exact) mass is 658 g/mol. The van der Waals surface area contributed by atoms with E-state index in [4.69, 9.17) is 51.1 Å². The van der Waals surface area contributed by atoms with Crippen LogP contribution in [0.3, 0.4) is 0 Å². The van der Waals surface area contributed by atoms with Crippen molar-refractivity contribution in [2.24, 2.45) is 11.8 Å². The number of ether oxygens (including phenoxy) is 1. The van der Waals surface area contributed by atoms with Crippen molar-refractivity contribution in [2.45, 2.75) is 19.8 Å². The Morgan fingerprint density at radius 1 is 0.837 bits per heavy atom. The number of hydrazine groups is 1. The number of esters is 1. The van der Waals surface area contributed by atoms with E-state index in [0.29, 0.717) is 17.9 Å². The minimum atomic E-state index is -0.776. The number of carbonyl (C=O) groups excluding carboxylic acids is 5. The third-order valence-corrected chi connectivity index (χ3v) is 8.56. The van der Waals surface area contributed by atoms with Gasteiger partial charge in [0.2, 0.25) is 0 Å². The van der Waals surface area contributed by atoms with E-state index >= 15 is 0 Å². The topological polar surface area (TPSA) is 101 Å². The third kappa shape index (κ3) is 6.33. The number of benzene rings is 3. The zero-order valence-corrected chi connectivity index (χ0v) is 25.5. The Balaban J connectivity index is 1.39. The molecule has 1 heterocycles. The van der Waals surface area contributed by atoms with Crippen LogP contribution in [0, 0.1) is 11.8 Å². The molecule has 0 saturated carbocycles. The first-order valence-corrected chi connectivity index (χ1v) is 14.6. The average Bonchev–Trinajstić information content (AvgIpc) is 3.21. The number of rotatable bonds is 7. The quantitative estimate of drug-likeness (QED) is 0.0882. The van der Waals surface area contributed by atoms with Crippen LogP contribution in [0.25, 0.3) is 0 Å². The molecule has 0 bridgehead atoms. The number of halogens is 4. The zero-order chi connectivity index (χ0) is 31.0. The van der Waals surface area contributed by atoms with Gasteiger partial charge in [0, 0.05) is 16.1 Å². The highest BCUT2D eigenvalue weighted by atomic mass is 35.5. The molecule has 12 heteroatoms. The van der Waals surface area contributed by atoms with E-state index in [9.17, 15) is 24.0 Å². The number of allylic oxidation sites excluding steroid dienone is 2. The number of carbonyl (C=O) groups is 5. The summed E-state index contributed by atoms with van der Waals surface area (Å²) in [6.45, 7) is 1.26. The van der Waals surface area contributed by atoms with Gasteiger partial charge in [0.05, 0.1) is 32.5 Å². The predicted octanol–water partition coefficient (Wildman–Crippen LogP) is 7.10. The van der Waals surface area contributed by atoms with E-state index < -0.39 is 47.9 Å². The maximum Gasteiger partial charge on any atom is 0.345 e. The van der Waals surface area contributed by atoms with Crippen molar-refractivity contribution in [1.82, 2.24) is 10.0 Å². The Morgan fingerprint density at radius 3 is 2.19 bits per heavy atom. The second-order valence-electron chi connectivity index (χ2n) is 10.1. The van der Waals surface area contributed by atoms with Crippen LogP contribution in [0.4, 0.5) is 0 Å². The molecule has 0 N–H and O–H groups in total. The summed E-state index contributed by atoms with van der Waals surface area (Å²) in [7, 11) is 0. The minimum Gasteiger partial charge on any atom is -0.423 e. The highest BCUT2D eigenvalue weighted by Gasteiger charge is 2.51. The lowest BCUT2D eigenvalue weighted by Gasteiger charge is -2.30. The largest absolute Gasteiger partial charge is 0.423 e. The Morgan fingerprint density at radius 2 is 1.51 bits per heavy atom. The predicted molar refractivity (Wildman–Crippen MR) is 162 cm³/mol. The van der Waals surface area contributed by atoms with Crippen molar-refractivity contribution in [3.8, 4) is 5.75 Å². The van der Waals surface area contributed by atoms with E-state index in [2.05, 4.69) is 0 Å². The molecule has 2 aliphatic rings. The van der Waals surface area contributed by atoms with Crippen LogP contribution < -0.4 is 4.74 Å². The molecule has 1 saturated heterocycles. The molecule has 220 valence electrons. The summed E-state index contributed by atoms with van der Waals surface area (Å²) >= 11 is 24.1. The van der Waals surface area contributed by atoms with Crippen LogP contribution in [0.15, 0.2) is 72.3 Å². The van der Waals surface area contributed by atoms with E-state index in [-0.39, 0.29) is 37.5 Å². The summed E-state index contributed by atoms with van der Waals surface area (Å²) in [5, 5.41) is 2.43. The van der Waals surface area contributed by atoms with Crippen LogP contribution in [0.5, 0.6) is 5.75 Å². The summed E-state index contributed by atoms with van der Waals surface area (Å²) in [5.74, 6) is -4.29. The van der Waals surface area contributed by atoms with Gasteiger partial charge in [0.1, 0.15) is 12.3 Å². The van der Waals surface area contributed by atoms with Crippen molar-refractivity contribution in [1.29, 1.82) is 0 Å². The first kappa shape index (κ1) is 30.8. The second kappa shape index (κ2) is 12.5. The van der Waals surface area contributed by atoms with Gasteiger partial charge in [-0.1, -0.05) is 58.1 Å². The van der Waals surface area contributed by atoms with Crippen molar-refractivity contribution in [3.63, 3.8) is 0 Å². The van der Waals surface area contributed by atoms with Gasteiger partial charge in [-0.05, 0) is 80.4 Å². The summed E-state index contributed by atoms with van der Waals surface area (Å²) in [5.41, 5.74) is 1.26. The minimum absolute atomic E-state index is 0.0371. The molecule has 0 spiro atoms. The van der Waals surface area contributed by atoms with Crippen molar-refractivity contribution in [2.75, 3.05) is 6.54 Å². The Bertz CT molecular complexity index is 1700. The number of imide groups is 1. The highest BCUT2D eigenvalue weighted by Crippen LogP contribution is 2.39. The lowest BCUT2D eigenvalue weighted by Crippen LogP contribution is -2.52. The highest BCUT2D eigenvalue weighted by molar-refractivity contribution is 6.42. The zero-order valence-electron chi connectivity index (χ0n) is 22.5. The van der Waals surface area contributed by atoms with Crippen LogP contribution in [-0.2, 0) is 9.59 Å². The van der Waals surface area contributed by atoms with Crippen molar-refractivity contribution < 1.29 is 28.7 Å². The van der Waals surface area contributed by atoms with Gasteiger partial charge in [-0.15, -0.1) is 0 Å². The lowest BCUT2D eigenvalue weighted by molar-refractivity contribution is -0.154. The van der Waals surface area contributed by atoms with Crippen molar-refractivity contribution in [3.05, 3.63) is 109 Å². The first-order chi connectivity index (χ1) is 20.4. The van der Waals surface area contributed by atoms with Gasteiger partial charge in [-0.25, -0.2) is 9.80 Å². The van der Waals surface area contributed by atoms with Crippen LogP contribution in [0.2, 0.25) is 20.1 Å². The second-order valence-corrected chi connectivity index (χ2v) is 11.8. The fourth-order valence-electron chi connectivity index (χ4n) is 5.02. The molecule has 0 radical (unpaired) electrons. The number of hydrogen-bond donors (Lipinski definition) is 0. The molecule has 0 aromatic heterocycles. The SMILES string of the molecule is CC1=CC[C@@H]2C(=O)N(N(CC(=O)c3ccc(OC(=O)c4ccc(Cl)cc4Cl)cc3)C(=O)c3ccc(Cl)c(Cl)c3)C(=O)[C@@H]2C1. The normalized spacial score (nSPS) is 17.8. The molecule has 3 aromatic rings. The fraction of sp³-hybridized carbons (Fsp3) is 0.194. The Labute approximate surface area is 266 Å². The Hall–Kier alpha value is -3.69. The van der Waals surface area contributed by atoms with E-state index in [1.807, 2.05) is 13.0 Å². The Kier molecular flexibility index (Phi) is 8.94. The van der Waals surface area contributed by atoms with Crippen LogP contribution in [0.1, 0.15) is 50.8 Å². The van der Waals surface area contributed by atoms with E-state index in [0.717, 1.165) is 15.6 Å². The molecular weight excluding hydrogens is 638 g/mol. The first-order valence-electron chi connectivity index (χ1n) is 13.1. The number of amides is 3. The maximum absolute atomic E-state index is 13.7. The van der Waals surface area contributed by atoms with Gasteiger partial charge in [0.15, 0.2) is 5.78 Å². The summed E-state index contributed by atoms with van der Waals surface area (Å²) in [4.78, 5) is 66.6. The number of Topliss-reactive ketones (excluding diaryl/α,β-unsaturated/α-hetero) is 1. The molecule has 0 unspecified atom stereocenters. The third-order valence-electron chi connectivity index (χ3n) is 7.27. The molecule has 1 fully saturated rings. The molecule has 8 nitrogen and oxygen atoms in total. The van der Waals surface area contributed by atoms with Gasteiger partial charge in [0.25, 0.3) is 17.7 Å². The molecule has 2 atom stereocenters. The van der Waals surface area contributed by atoms with E-state index in [1.165, 1.54) is 60.7 Å². The summed E-state index contributed by atoms with van der Waals surface area (Å²) in [6, 6.07) is 14.1. The average molecular weight is 660 g/mol. The maximum atomic E-state index is 13.7. The van der Waals surface area contributed by atoms with Crippen LogP contribution in [-0.4, -0.2) is 46.0 Å². The molecule has 1 aliphatic heterocycles. The molecule has 43 heavy (non-hydrogen) atoms. The van der Waals surface area contributed by atoms with Gasteiger partial charge in [-0.2, -0.15) is 5.01 Å². The van der Waals surface area contributed by atoms with Gasteiger partial charge < -0.3 is 4.74 Å². The van der Waals surface area contributed by atoms with Crippen molar-refractivity contribution >= 4 is 75.9 Å². The molecule has 3 amide bonds. The number of hydrogen-bond acceptors (Lipinski definition) is 6. The molecule has 3 aromatic carbocycles. The van der Waals surface area contributed by atoms with Crippen LogP contribution >= 0.6 is 46.4 Å². The summed E-state index contributed by atoms with van der Waals surface area (Å²) < 4.78 is 5.36. The summed E-state index contributed by atoms with van der Waals surface area (Å²) in [6.07, 6.45) is 2.65. The smallest absolute Gasteiger partial charge is 0.345 e.